The van der Waals surface area contributed by atoms with Crippen LogP contribution in [0.2, 0.25) is 5.02 Å². The number of halogens is 1. The highest BCUT2D eigenvalue weighted by Crippen LogP contribution is 2.28. The molecule has 2 rings (SSSR count). The highest BCUT2D eigenvalue weighted by molar-refractivity contribution is 6.33. The van der Waals surface area contributed by atoms with Crippen LogP contribution in [0.5, 0.6) is 0 Å². The highest BCUT2D eigenvalue weighted by Gasteiger charge is 2.16. The minimum Gasteiger partial charge on any atom is -0.381 e. The summed E-state index contributed by atoms with van der Waals surface area (Å²) in [6, 6.07) is 8.07. The molecule has 1 saturated carbocycles. The van der Waals surface area contributed by atoms with Crippen molar-refractivity contribution >= 4 is 17.3 Å². The van der Waals surface area contributed by atoms with E-state index in [-0.39, 0.29) is 0 Å². The molecule has 1 N–H and O–H groups in total. The lowest BCUT2D eigenvalue weighted by Gasteiger charge is -2.18. The van der Waals surface area contributed by atoms with Crippen molar-refractivity contribution in [3.63, 3.8) is 0 Å². The first kappa shape index (κ1) is 13.2. The van der Waals surface area contributed by atoms with Gasteiger partial charge in [-0.2, -0.15) is 5.26 Å². The predicted molar refractivity (Wildman–Crippen MR) is 75.8 cm³/mol. The van der Waals surface area contributed by atoms with E-state index in [2.05, 4.69) is 18.3 Å². The lowest BCUT2D eigenvalue weighted by atomic mass is 10.0. The molecule has 1 aliphatic rings. The molecule has 3 heteroatoms. The van der Waals surface area contributed by atoms with Gasteiger partial charge in [0, 0.05) is 6.04 Å². The number of nitrogens with one attached hydrogen (secondary N) is 1. The third-order valence-corrected chi connectivity index (χ3v) is 4.03. The van der Waals surface area contributed by atoms with E-state index in [1.54, 1.807) is 6.07 Å². The van der Waals surface area contributed by atoms with Crippen molar-refractivity contribution < 1.29 is 0 Å². The lowest BCUT2D eigenvalue weighted by molar-refractivity contribution is 0.502. The van der Waals surface area contributed by atoms with Crippen molar-refractivity contribution in [3.05, 3.63) is 28.8 Å². The molecule has 0 aromatic heterocycles. The number of nitrogens with zero attached hydrogens (tertiary/aromatic N) is 1. The Bertz CT molecular complexity index is 450. The summed E-state index contributed by atoms with van der Waals surface area (Å²) in [4.78, 5) is 0. The molecule has 0 spiro atoms. The second kappa shape index (κ2) is 6.11. The van der Waals surface area contributed by atoms with E-state index in [0.717, 1.165) is 11.6 Å². The Labute approximate surface area is 114 Å². The SMILES string of the molecule is CC1CCCC(Nc2ccc(C#N)cc2Cl)CC1. The molecule has 0 amide bonds. The van der Waals surface area contributed by atoms with Crippen molar-refractivity contribution in [3.8, 4) is 6.07 Å². The fourth-order valence-electron chi connectivity index (χ4n) is 2.55. The summed E-state index contributed by atoms with van der Waals surface area (Å²) in [5.74, 6) is 0.841. The molecule has 0 bridgehead atoms. The second-order valence-electron chi connectivity index (χ2n) is 5.26. The van der Waals surface area contributed by atoms with Crippen molar-refractivity contribution in [2.75, 3.05) is 5.32 Å². The summed E-state index contributed by atoms with van der Waals surface area (Å²) >= 11 is 6.18. The topological polar surface area (TPSA) is 35.8 Å². The van der Waals surface area contributed by atoms with Gasteiger partial charge >= 0.3 is 0 Å². The molecule has 1 fully saturated rings. The van der Waals surface area contributed by atoms with Gasteiger partial charge in [-0.1, -0.05) is 31.4 Å². The number of hydrogen-bond acceptors (Lipinski definition) is 2. The smallest absolute Gasteiger partial charge is 0.0992 e. The fourth-order valence-corrected chi connectivity index (χ4v) is 2.79. The summed E-state index contributed by atoms with van der Waals surface area (Å²) in [5.41, 5.74) is 1.57. The molecule has 1 aromatic carbocycles. The van der Waals surface area contributed by atoms with Crippen LogP contribution in [0.3, 0.4) is 0 Å². The third kappa shape index (κ3) is 3.40. The normalized spacial score (nSPS) is 24.1. The monoisotopic (exact) mass is 262 g/mol. The molecular formula is C15H19ClN2. The first-order chi connectivity index (χ1) is 8.69. The highest BCUT2D eigenvalue weighted by atomic mass is 35.5. The van der Waals surface area contributed by atoms with Crippen molar-refractivity contribution in [1.29, 1.82) is 5.26 Å². The van der Waals surface area contributed by atoms with Crippen molar-refractivity contribution in [2.24, 2.45) is 5.92 Å². The molecule has 2 atom stereocenters. The van der Waals surface area contributed by atoms with Gasteiger partial charge < -0.3 is 5.32 Å². The molecule has 2 nitrogen and oxygen atoms in total. The number of anilines is 1. The van der Waals surface area contributed by atoms with Gasteiger partial charge in [-0.3, -0.25) is 0 Å². The molecule has 1 aromatic rings. The standard InChI is InChI=1S/C15H19ClN2/c1-11-3-2-4-13(7-5-11)18-15-8-6-12(10-17)9-14(15)16/h6,8-9,11,13,18H,2-5,7H2,1H3. The molecule has 0 saturated heterocycles. The van der Waals surface area contributed by atoms with Crippen LogP contribution in [0.15, 0.2) is 18.2 Å². The maximum absolute atomic E-state index is 8.81. The lowest BCUT2D eigenvalue weighted by Crippen LogP contribution is -2.18. The summed E-state index contributed by atoms with van der Waals surface area (Å²) < 4.78 is 0. The van der Waals surface area contributed by atoms with Crippen LogP contribution in [0.4, 0.5) is 5.69 Å². The maximum Gasteiger partial charge on any atom is 0.0992 e. The van der Waals surface area contributed by atoms with E-state index in [1.807, 2.05) is 12.1 Å². The van der Waals surface area contributed by atoms with Crippen LogP contribution in [0.1, 0.15) is 44.6 Å². The van der Waals surface area contributed by atoms with Crippen LogP contribution >= 0.6 is 11.6 Å². The van der Waals surface area contributed by atoms with E-state index in [9.17, 15) is 0 Å². The molecular weight excluding hydrogens is 244 g/mol. The number of benzene rings is 1. The van der Waals surface area contributed by atoms with E-state index < -0.39 is 0 Å². The van der Waals surface area contributed by atoms with Gasteiger partial charge in [0.15, 0.2) is 0 Å². The summed E-state index contributed by atoms with van der Waals surface area (Å²) in [6.07, 6.45) is 6.32. The predicted octanol–water partition coefficient (Wildman–Crippen LogP) is 4.59. The average molecular weight is 263 g/mol. The summed E-state index contributed by atoms with van der Waals surface area (Å²) in [5, 5.41) is 13.0. The van der Waals surface area contributed by atoms with Crippen LogP contribution in [-0.2, 0) is 0 Å². The Morgan fingerprint density at radius 3 is 2.83 bits per heavy atom. The fraction of sp³-hybridized carbons (Fsp3) is 0.533. The summed E-state index contributed by atoms with van der Waals surface area (Å²) in [7, 11) is 0. The molecule has 18 heavy (non-hydrogen) atoms. The van der Waals surface area contributed by atoms with Gasteiger partial charge in [0.25, 0.3) is 0 Å². The molecule has 0 aliphatic heterocycles. The van der Waals surface area contributed by atoms with E-state index in [0.29, 0.717) is 16.6 Å². The number of rotatable bonds is 2. The molecule has 96 valence electrons. The van der Waals surface area contributed by atoms with E-state index in [4.69, 9.17) is 16.9 Å². The zero-order valence-electron chi connectivity index (χ0n) is 10.7. The van der Waals surface area contributed by atoms with Gasteiger partial charge in [0.2, 0.25) is 0 Å². The first-order valence-electron chi connectivity index (χ1n) is 6.65. The van der Waals surface area contributed by atoms with Gasteiger partial charge in [0.05, 0.1) is 22.3 Å². The van der Waals surface area contributed by atoms with Crippen LogP contribution in [-0.4, -0.2) is 6.04 Å². The molecule has 0 heterocycles. The first-order valence-corrected chi connectivity index (χ1v) is 7.03. The van der Waals surface area contributed by atoms with E-state index >= 15 is 0 Å². The molecule has 0 radical (unpaired) electrons. The average Bonchev–Trinajstić information content (AvgIpc) is 2.57. The van der Waals surface area contributed by atoms with Crippen LogP contribution in [0.25, 0.3) is 0 Å². The van der Waals surface area contributed by atoms with Crippen molar-refractivity contribution in [2.45, 2.75) is 45.1 Å². The quantitative estimate of drug-likeness (QED) is 0.791. The number of nitriles is 1. The van der Waals surface area contributed by atoms with Gasteiger partial charge in [0.1, 0.15) is 0 Å². The van der Waals surface area contributed by atoms with Gasteiger partial charge in [-0.05, 0) is 43.4 Å². The zero-order chi connectivity index (χ0) is 13.0. The minimum atomic E-state index is 0.514. The summed E-state index contributed by atoms with van der Waals surface area (Å²) in [6.45, 7) is 2.33. The van der Waals surface area contributed by atoms with Crippen LogP contribution in [0, 0.1) is 17.2 Å². The zero-order valence-corrected chi connectivity index (χ0v) is 11.5. The Kier molecular flexibility index (Phi) is 4.49. The van der Waals surface area contributed by atoms with E-state index in [1.165, 1.54) is 32.1 Å². The molecule has 2 unspecified atom stereocenters. The van der Waals surface area contributed by atoms with Gasteiger partial charge in [-0.25, -0.2) is 0 Å². The Morgan fingerprint density at radius 2 is 2.11 bits per heavy atom. The number of hydrogen-bond donors (Lipinski definition) is 1. The molecule has 1 aliphatic carbocycles. The largest absolute Gasteiger partial charge is 0.381 e. The third-order valence-electron chi connectivity index (χ3n) is 3.72. The second-order valence-corrected chi connectivity index (χ2v) is 5.67. The van der Waals surface area contributed by atoms with Crippen LogP contribution < -0.4 is 5.32 Å². The Morgan fingerprint density at radius 1 is 1.28 bits per heavy atom. The van der Waals surface area contributed by atoms with Gasteiger partial charge in [-0.15, -0.1) is 0 Å². The maximum atomic E-state index is 8.81. The Hall–Kier alpha value is -1.20. The minimum absolute atomic E-state index is 0.514. The van der Waals surface area contributed by atoms with Crippen molar-refractivity contribution in [1.82, 2.24) is 0 Å². The Balaban J connectivity index is 2.03.